The number of amides is 1. The van der Waals surface area contributed by atoms with Crippen molar-refractivity contribution in [3.8, 4) is 0 Å². The summed E-state index contributed by atoms with van der Waals surface area (Å²) in [6, 6.07) is 1.42. The zero-order chi connectivity index (χ0) is 13.8. The van der Waals surface area contributed by atoms with Gasteiger partial charge in [-0.15, -0.1) is 0 Å². The van der Waals surface area contributed by atoms with E-state index in [1.807, 2.05) is 13.8 Å². The number of carbonyl (C=O) groups excluding carboxylic acids is 1. The van der Waals surface area contributed by atoms with Crippen molar-refractivity contribution in [2.75, 3.05) is 6.61 Å². The molecule has 0 fully saturated rings. The van der Waals surface area contributed by atoms with Crippen molar-refractivity contribution >= 4 is 29.1 Å². The predicted molar refractivity (Wildman–Crippen MR) is 72.1 cm³/mol. The van der Waals surface area contributed by atoms with Gasteiger partial charge in [0, 0.05) is 18.3 Å². The van der Waals surface area contributed by atoms with E-state index >= 15 is 0 Å². The third kappa shape index (κ3) is 3.83. The van der Waals surface area contributed by atoms with E-state index in [9.17, 15) is 4.79 Å². The molecule has 18 heavy (non-hydrogen) atoms. The SMILES string of the molecule is CCC(C)(CCO)NC(=O)c1cc(Cl)ncc1Cl. The molecule has 1 aromatic rings. The summed E-state index contributed by atoms with van der Waals surface area (Å²) >= 11 is 11.6. The number of carbonyl (C=O) groups is 1. The fourth-order valence-corrected chi connectivity index (χ4v) is 1.85. The molecule has 0 spiro atoms. The number of aromatic nitrogens is 1. The molecule has 0 aromatic carbocycles. The van der Waals surface area contributed by atoms with Gasteiger partial charge in [-0.2, -0.15) is 0 Å². The first-order valence-corrected chi connectivity index (χ1v) is 6.42. The Kier molecular flexibility index (Phi) is 5.38. The van der Waals surface area contributed by atoms with Crippen LogP contribution < -0.4 is 5.32 Å². The normalized spacial score (nSPS) is 14.1. The minimum atomic E-state index is -0.467. The van der Waals surface area contributed by atoms with Crippen LogP contribution >= 0.6 is 23.2 Å². The van der Waals surface area contributed by atoms with Crippen LogP contribution in [0.4, 0.5) is 0 Å². The first-order chi connectivity index (χ1) is 8.41. The number of nitrogens with zero attached hydrogens (tertiary/aromatic N) is 1. The van der Waals surface area contributed by atoms with Gasteiger partial charge in [0.2, 0.25) is 0 Å². The third-order valence-corrected chi connectivity index (χ3v) is 3.43. The van der Waals surface area contributed by atoms with Crippen LogP contribution in [-0.2, 0) is 0 Å². The molecule has 0 bridgehead atoms. The van der Waals surface area contributed by atoms with Crippen molar-refractivity contribution in [2.24, 2.45) is 0 Å². The van der Waals surface area contributed by atoms with Crippen molar-refractivity contribution in [3.05, 3.63) is 28.0 Å². The maximum absolute atomic E-state index is 12.1. The molecule has 100 valence electrons. The maximum Gasteiger partial charge on any atom is 0.253 e. The number of rotatable bonds is 5. The monoisotopic (exact) mass is 290 g/mol. The zero-order valence-electron chi connectivity index (χ0n) is 10.3. The average Bonchev–Trinajstić information content (AvgIpc) is 2.32. The lowest BCUT2D eigenvalue weighted by Crippen LogP contribution is -2.46. The van der Waals surface area contributed by atoms with Gasteiger partial charge in [0.15, 0.2) is 0 Å². The predicted octanol–water partition coefficient (Wildman–Crippen LogP) is 2.67. The Labute approximate surface area is 116 Å². The highest BCUT2D eigenvalue weighted by Gasteiger charge is 2.25. The van der Waals surface area contributed by atoms with E-state index < -0.39 is 5.54 Å². The largest absolute Gasteiger partial charge is 0.396 e. The van der Waals surface area contributed by atoms with E-state index in [2.05, 4.69) is 10.3 Å². The number of hydrogen-bond acceptors (Lipinski definition) is 3. The molecule has 1 aromatic heterocycles. The van der Waals surface area contributed by atoms with E-state index in [4.69, 9.17) is 28.3 Å². The molecule has 0 saturated heterocycles. The topological polar surface area (TPSA) is 62.2 Å². The van der Waals surface area contributed by atoms with E-state index in [-0.39, 0.29) is 28.3 Å². The lowest BCUT2D eigenvalue weighted by atomic mass is 9.94. The molecule has 0 aliphatic heterocycles. The zero-order valence-corrected chi connectivity index (χ0v) is 11.8. The van der Waals surface area contributed by atoms with Crippen molar-refractivity contribution in [1.82, 2.24) is 10.3 Å². The van der Waals surface area contributed by atoms with Crippen LogP contribution in [0.25, 0.3) is 0 Å². The average molecular weight is 291 g/mol. The molecule has 1 atom stereocenters. The molecule has 1 heterocycles. The third-order valence-electron chi connectivity index (χ3n) is 2.93. The van der Waals surface area contributed by atoms with E-state index in [0.717, 1.165) is 0 Å². The van der Waals surface area contributed by atoms with Crippen molar-refractivity contribution in [1.29, 1.82) is 0 Å². The van der Waals surface area contributed by atoms with Gasteiger partial charge in [-0.25, -0.2) is 4.98 Å². The van der Waals surface area contributed by atoms with Gasteiger partial charge in [-0.3, -0.25) is 4.79 Å². The van der Waals surface area contributed by atoms with Crippen LogP contribution in [0.15, 0.2) is 12.3 Å². The number of aliphatic hydroxyl groups excluding tert-OH is 1. The van der Waals surface area contributed by atoms with Gasteiger partial charge in [0.25, 0.3) is 5.91 Å². The highest BCUT2D eigenvalue weighted by molar-refractivity contribution is 6.35. The number of hydrogen-bond donors (Lipinski definition) is 2. The minimum Gasteiger partial charge on any atom is -0.396 e. The molecule has 0 saturated carbocycles. The van der Waals surface area contributed by atoms with Gasteiger partial charge >= 0.3 is 0 Å². The summed E-state index contributed by atoms with van der Waals surface area (Å²) in [5.74, 6) is -0.317. The Hall–Kier alpha value is -0.840. The highest BCUT2D eigenvalue weighted by atomic mass is 35.5. The Morgan fingerprint density at radius 1 is 1.56 bits per heavy atom. The standard InChI is InChI=1S/C12H16Cl2N2O2/c1-3-12(2,4-5-17)16-11(18)8-6-10(14)15-7-9(8)13/h6-7,17H,3-5H2,1-2H3,(H,16,18). The number of aliphatic hydroxyl groups is 1. The number of nitrogens with one attached hydrogen (secondary N) is 1. The van der Waals surface area contributed by atoms with Crippen LogP contribution in [-0.4, -0.2) is 28.1 Å². The molecule has 1 amide bonds. The van der Waals surface area contributed by atoms with Gasteiger partial charge in [-0.05, 0) is 25.8 Å². The van der Waals surface area contributed by atoms with Gasteiger partial charge in [0.1, 0.15) is 5.15 Å². The minimum absolute atomic E-state index is 0.00938. The second-order valence-electron chi connectivity index (χ2n) is 4.33. The molecule has 0 radical (unpaired) electrons. The molecular weight excluding hydrogens is 275 g/mol. The van der Waals surface area contributed by atoms with Crippen LogP contribution in [0.5, 0.6) is 0 Å². The summed E-state index contributed by atoms with van der Waals surface area (Å²) in [4.78, 5) is 15.9. The van der Waals surface area contributed by atoms with Gasteiger partial charge < -0.3 is 10.4 Å². The highest BCUT2D eigenvalue weighted by Crippen LogP contribution is 2.20. The lowest BCUT2D eigenvalue weighted by molar-refractivity contribution is 0.0886. The lowest BCUT2D eigenvalue weighted by Gasteiger charge is -2.29. The molecule has 0 aliphatic rings. The van der Waals surface area contributed by atoms with Crippen LogP contribution in [0.3, 0.4) is 0 Å². The fourth-order valence-electron chi connectivity index (χ4n) is 1.50. The van der Waals surface area contributed by atoms with Crippen LogP contribution in [0.1, 0.15) is 37.0 Å². The molecule has 1 rings (SSSR count). The first-order valence-electron chi connectivity index (χ1n) is 5.66. The Morgan fingerprint density at radius 3 is 2.78 bits per heavy atom. The summed E-state index contributed by atoms with van der Waals surface area (Å²) < 4.78 is 0. The quantitative estimate of drug-likeness (QED) is 0.820. The maximum atomic E-state index is 12.1. The van der Waals surface area contributed by atoms with Crippen molar-refractivity contribution in [3.63, 3.8) is 0 Å². The van der Waals surface area contributed by atoms with Crippen LogP contribution in [0.2, 0.25) is 10.2 Å². The van der Waals surface area contributed by atoms with Crippen molar-refractivity contribution < 1.29 is 9.90 Å². The second kappa shape index (κ2) is 6.36. The summed E-state index contributed by atoms with van der Waals surface area (Å²) in [6.07, 6.45) is 2.52. The number of halogens is 2. The second-order valence-corrected chi connectivity index (χ2v) is 5.12. The summed E-state index contributed by atoms with van der Waals surface area (Å²) in [5, 5.41) is 12.3. The molecule has 4 nitrogen and oxygen atoms in total. The van der Waals surface area contributed by atoms with Crippen LogP contribution in [0, 0.1) is 0 Å². The molecular formula is C12H16Cl2N2O2. The fraction of sp³-hybridized carbons (Fsp3) is 0.500. The van der Waals surface area contributed by atoms with E-state index in [1.54, 1.807) is 0 Å². The smallest absolute Gasteiger partial charge is 0.253 e. The van der Waals surface area contributed by atoms with E-state index in [1.165, 1.54) is 12.3 Å². The molecule has 2 N–H and O–H groups in total. The molecule has 6 heteroatoms. The summed E-state index contributed by atoms with van der Waals surface area (Å²) in [5.41, 5.74) is -0.181. The summed E-state index contributed by atoms with van der Waals surface area (Å²) in [7, 11) is 0. The molecule has 1 unspecified atom stereocenters. The molecule has 0 aliphatic carbocycles. The van der Waals surface area contributed by atoms with Gasteiger partial charge in [0.05, 0.1) is 10.6 Å². The Bertz CT molecular complexity index is 440. The Morgan fingerprint density at radius 2 is 2.22 bits per heavy atom. The van der Waals surface area contributed by atoms with Gasteiger partial charge in [-0.1, -0.05) is 30.1 Å². The Balaban J connectivity index is 2.90. The number of pyridine rings is 1. The van der Waals surface area contributed by atoms with Crippen molar-refractivity contribution in [2.45, 2.75) is 32.2 Å². The summed E-state index contributed by atoms with van der Waals surface area (Å²) in [6.45, 7) is 3.82. The first kappa shape index (κ1) is 15.2. The van der Waals surface area contributed by atoms with E-state index in [0.29, 0.717) is 12.8 Å².